The topological polar surface area (TPSA) is 52.1 Å². The van der Waals surface area contributed by atoms with Gasteiger partial charge in [0.25, 0.3) is 0 Å². The fourth-order valence-electron chi connectivity index (χ4n) is 2.08. The summed E-state index contributed by atoms with van der Waals surface area (Å²) < 4.78 is 5.08. The van der Waals surface area contributed by atoms with Crippen LogP contribution in [0, 0.1) is 13.8 Å². The zero-order valence-electron chi connectivity index (χ0n) is 12.7. The third-order valence-corrected chi connectivity index (χ3v) is 3.32. The Labute approximate surface area is 119 Å². The van der Waals surface area contributed by atoms with Gasteiger partial charge in [0.15, 0.2) is 5.69 Å². The predicted molar refractivity (Wildman–Crippen MR) is 79.1 cm³/mol. The van der Waals surface area contributed by atoms with Crippen LogP contribution in [0.2, 0.25) is 0 Å². The number of rotatable bonds is 3. The normalized spacial score (nSPS) is 11.1. The van der Waals surface area contributed by atoms with E-state index < -0.39 is 5.97 Å². The van der Waals surface area contributed by atoms with E-state index in [1.54, 1.807) is 6.92 Å². The fourth-order valence-corrected chi connectivity index (χ4v) is 2.08. The molecule has 2 rings (SSSR count). The van der Waals surface area contributed by atoms with Gasteiger partial charge in [-0.1, -0.05) is 13.8 Å². The molecule has 106 valence electrons. The highest BCUT2D eigenvalue weighted by atomic mass is 16.5. The van der Waals surface area contributed by atoms with Crippen molar-refractivity contribution in [2.45, 2.75) is 40.5 Å². The van der Waals surface area contributed by atoms with Crippen LogP contribution in [0.25, 0.3) is 11.0 Å². The second kappa shape index (κ2) is 5.57. The van der Waals surface area contributed by atoms with E-state index >= 15 is 0 Å². The third-order valence-electron chi connectivity index (χ3n) is 3.32. The molecular weight excluding hydrogens is 252 g/mol. The number of esters is 1. The quantitative estimate of drug-likeness (QED) is 0.802. The minimum absolute atomic E-state index is 0.118. The van der Waals surface area contributed by atoms with Crippen molar-refractivity contribution in [2.24, 2.45) is 0 Å². The molecule has 4 nitrogen and oxygen atoms in total. The Morgan fingerprint density at radius 3 is 2.20 bits per heavy atom. The Hall–Kier alpha value is -1.97. The van der Waals surface area contributed by atoms with Gasteiger partial charge in [0.2, 0.25) is 0 Å². The summed E-state index contributed by atoms with van der Waals surface area (Å²) in [5.74, 6) is -0.281. The van der Waals surface area contributed by atoms with E-state index in [1.165, 1.54) is 5.56 Å². The molecule has 0 N–H and O–H groups in total. The van der Waals surface area contributed by atoms with Gasteiger partial charge in [0.1, 0.15) is 0 Å². The lowest BCUT2D eigenvalue weighted by molar-refractivity contribution is 0.0517. The first-order valence-electron chi connectivity index (χ1n) is 6.90. The van der Waals surface area contributed by atoms with E-state index in [0.717, 1.165) is 16.6 Å². The van der Waals surface area contributed by atoms with Crippen molar-refractivity contribution in [3.63, 3.8) is 0 Å². The van der Waals surface area contributed by atoms with E-state index in [9.17, 15) is 4.79 Å². The molecule has 0 spiro atoms. The summed E-state index contributed by atoms with van der Waals surface area (Å²) in [6.45, 7) is 10.2. The molecule has 0 radical (unpaired) electrons. The van der Waals surface area contributed by atoms with Crippen LogP contribution in [0.4, 0.5) is 0 Å². The van der Waals surface area contributed by atoms with Gasteiger partial charge in [0, 0.05) is 0 Å². The molecule has 20 heavy (non-hydrogen) atoms. The number of nitrogens with zero attached hydrogens (tertiary/aromatic N) is 2. The van der Waals surface area contributed by atoms with Crippen molar-refractivity contribution in [3.05, 3.63) is 34.6 Å². The van der Waals surface area contributed by atoms with Crippen LogP contribution in [0.5, 0.6) is 0 Å². The first-order chi connectivity index (χ1) is 9.43. The number of hydrogen-bond donors (Lipinski definition) is 0. The van der Waals surface area contributed by atoms with Crippen molar-refractivity contribution < 1.29 is 9.53 Å². The first kappa shape index (κ1) is 14.4. The van der Waals surface area contributed by atoms with E-state index in [1.807, 2.05) is 39.8 Å². The standard InChI is InChI=1S/C16H20N2O2/c1-6-20-16(19)15-14(9(2)3)17-12-7-10(4)11(5)8-13(12)18-15/h7-9H,6H2,1-5H3. The second-order valence-corrected chi connectivity index (χ2v) is 5.26. The summed E-state index contributed by atoms with van der Waals surface area (Å²) in [7, 11) is 0. The maximum absolute atomic E-state index is 12.0. The van der Waals surface area contributed by atoms with E-state index in [4.69, 9.17) is 4.74 Å². The molecule has 4 heteroatoms. The highest BCUT2D eigenvalue weighted by Crippen LogP contribution is 2.22. The Bertz CT molecular complexity index is 663. The van der Waals surface area contributed by atoms with E-state index in [2.05, 4.69) is 9.97 Å². The monoisotopic (exact) mass is 272 g/mol. The molecule has 0 saturated carbocycles. The summed E-state index contributed by atoms with van der Waals surface area (Å²) in [4.78, 5) is 21.1. The highest BCUT2D eigenvalue weighted by Gasteiger charge is 2.19. The number of benzene rings is 1. The van der Waals surface area contributed by atoms with Gasteiger partial charge in [-0.3, -0.25) is 0 Å². The molecule has 1 aromatic heterocycles. The summed E-state index contributed by atoms with van der Waals surface area (Å²) in [5, 5.41) is 0. The average Bonchev–Trinajstić information content (AvgIpc) is 2.39. The molecule has 0 amide bonds. The van der Waals surface area contributed by atoms with Crippen LogP contribution in [0.1, 0.15) is 54.0 Å². The molecular formula is C16H20N2O2. The summed E-state index contributed by atoms with van der Waals surface area (Å²) in [6.07, 6.45) is 0. The lowest BCUT2D eigenvalue weighted by Gasteiger charge is -2.12. The van der Waals surface area contributed by atoms with Crippen molar-refractivity contribution in [1.29, 1.82) is 0 Å². The molecule has 0 bridgehead atoms. The fraction of sp³-hybridized carbons (Fsp3) is 0.438. The van der Waals surface area contributed by atoms with Crippen LogP contribution in [0.3, 0.4) is 0 Å². The molecule has 0 saturated heterocycles. The minimum Gasteiger partial charge on any atom is -0.461 e. The Morgan fingerprint density at radius 2 is 1.70 bits per heavy atom. The number of carbonyl (C=O) groups excluding carboxylic acids is 1. The van der Waals surface area contributed by atoms with Gasteiger partial charge < -0.3 is 4.74 Å². The maximum Gasteiger partial charge on any atom is 0.358 e. The molecule has 0 aliphatic heterocycles. The van der Waals surface area contributed by atoms with E-state index in [-0.39, 0.29) is 5.92 Å². The Morgan fingerprint density at radius 1 is 1.15 bits per heavy atom. The van der Waals surface area contributed by atoms with Crippen LogP contribution in [-0.2, 0) is 4.74 Å². The zero-order valence-corrected chi connectivity index (χ0v) is 12.7. The molecule has 0 aliphatic carbocycles. The molecule has 0 unspecified atom stereocenters. The Balaban J connectivity index is 2.68. The van der Waals surface area contributed by atoms with Gasteiger partial charge >= 0.3 is 5.97 Å². The smallest absolute Gasteiger partial charge is 0.358 e. The molecule has 1 heterocycles. The van der Waals surface area contributed by atoms with Gasteiger partial charge in [-0.05, 0) is 49.9 Å². The summed E-state index contributed by atoms with van der Waals surface area (Å²) >= 11 is 0. The maximum atomic E-state index is 12.0. The SMILES string of the molecule is CCOC(=O)c1nc2cc(C)c(C)cc2nc1C(C)C. The van der Waals surface area contributed by atoms with Crippen LogP contribution in [-0.4, -0.2) is 22.5 Å². The van der Waals surface area contributed by atoms with E-state index in [0.29, 0.717) is 18.0 Å². The van der Waals surface area contributed by atoms with Crippen LogP contribution in [0.15, 0.2) is 12.1 Å². The van der Waals surface area contributed by atoms with Gasteiger partial charge in [0.05, 0.1) is 23.3 Å². The third kappa shape index (κ3) is 2.64. The molecule has 2 aromatic rings. The average molecular weight is 272 g/mol. The summed E-state index contributed by atoms with van der Waals surface area (Å²) in [6, 6.07) is 3.98. The number of aryl methyl sites for hydroxylation is 2. The Kier molecular flexibility index (Phi) is 4.02. The van der Waals surface area contributed by atoms with Crippen molar-refractivity contribution in [2.75, 3.05) is 6.61 Å². The first-order valence-corrected chi connectivity index (χ1v) is 6.90. The van der Waals surface area contributed by atoms with Crippen molar-refractivity contribution >= 4 is 17.0 Å². The minimum atomic E-state index is -0.399. The zero-order chi connectivity index (χ0) is 14.9. The number of carbonyl (C=O) groups is 1. The summed E-state index contributed by atoms with van der Waals surface area (Å²) in [5.41, 5.74) is 4.89. The number of fused-ring (bicyclic) bond motifs is 1. The molecule has 0 atom stereocenters. The lowest BCUT2D eigenvalue weighted by Crippen LogP contribution is -2.13. The number of ether oxygens (including phenoxy) is 1. The highest BCUT2D eigenvalue weighted by molar-refractivity contribution is 5.91. The largest absolute Gasteiger partial charge is 0.461 e. The molecule has 0 aliphatic rings. The van der Waals surface area contributed by atoms with Crippen molar-refractivity contribution in [1.82, 2.24) is 9.97 Å². The number of hydrogen-bond acceptors (Lipinski definition) is 4. The molecule has 0 fully saturated rings. The second-order valence-electron chi connectivity index (χ2n) is 5.26. The van der Waals surface area contributed by atoms with Gasteiger partial charge in [-0.2, -0.15) is 0 Å². The molecule has 1 aromatic carbocycles. The van der Waals surface area contributed by atoms with Crippen LogP contribution < -0.4 is 0 Å². The lowest BCUT2D eigenvalue weighted by atomic mass is 10.1. The van der Waals surface area contributed by atoms with Gasteiger partial charge in [-0.25, -0.2) is 14.8 Å². The predicted octanol–water partition coefficient (Wildman–Crippen LogP) is 3.55. The number of aromatic nitrogens is 2. The van der Waals surface area contributed by atoms with Crippen LogP contribution >= 0.6 is 0 Å². The van der Waals surface area contributed by atoms with Gasteiger partial charge in [-0.15, -0.1) is 0 Å². The van der Waals surface area contributed by atoms with Crippen molar-refractivity contribution in [3.8, 4) is 0 Å².